The van der Waals surface area contributed by atoms with Crippen LogP contribution in [0.2, 0.25) is 0 Å². The molecule has 0 radical (unpaired) electrons. The van der Waals surface area contributed by atoms with Crippen LogP contribution in [0.1, 0.15) is 136 Å². The summed E-state index contributed by atoms with van der Waals surface area (Å²) in [5, 5.41) is 0. The van der Waals surface area contributed by atoms with Gasteiger partial charge in [0.2, 0.25) is 0 Å². The lowest BCUT2D eigenvalue weighted by Crippen LogP contribution is -2.46. The fraction of sp³-hybridized carbons (Fsp3) is 1.00. The number of rotatable bonds is 7. The molecule has 5 aliphatic carbocycles. The second-order valence-electron chi connectivity index (χ2n) is 11.6. The Kier molecular flexibility index (Phi) is 6.60. The minimum absolute atomic E-state index is 0.798. The second-order valence-corrected chi connectivity index (χ2v) is 11.6. The molecule has 0 unspecified atom stereocenters. The predicted molar refractivity (Wildman–Crippen MR) is 118 cm³/mol. The lowest BCUT2D eigenvalue weighted by molar-refractivity contribution is -0.0678. The number of hydrogen-bond acceptors (Lipinski definition) is 0. The summed E-state index contributed by atoms with van der Waals surface area (Å²) < 4.78 is 0. The van der Waals surface area contributed by atoms with Crippen molar-refractivity contribution in [1.82, 2.24) is 0 Å². The molecule has 156 valence electrons. The molecule has 0 heterocycles. The average Bonchev–Trinajstić information content (AvgIpc) is 2.75. The Morgan fingerprint density at radius 2 is 1.19 bits per heavy atom. The summed E-state index contributed by atoms with van der Waals surface area (Å²) in [5.41, 5.74) is 1.60. The summed E-state index contributed by atoms with van der Waals surface area (Å²) in [6, 6.07) is 0. The SMILES string of the molecule is CCCCC12CCC([C@H]3CC[C@H]([C@H]4CC[C@H](CCC)CC4)CC3)(CC1)CC2. The average molecular weight is 373 g/mol. The van der Waals surface area contributed by atoms with Crippen LogP contribution in [0.25, 0.3) is 0 Å². The molecule has 0 aromatic heterocycles. The fourth-order valence-corrected chi connectivity index (χ4v) is 8.39. The summed E-state index contributed by atoms with van der Waals surface area (Å²) in [4.78, 5) is 0. The zero-order chi connectivity index (χ0) is 18.7. The molecule has 0 amide bonds. The van der Waals surface area contributed by atoms with Crippen LogP contribution in [0, 0.1) is 34.5 Å². The zero-order valence-electron chi connectivity index (χ0n) is 18.7. The quantitative estimate of drug-likeness (QED) is 0.418. The molecule has 0 N–H and O–H groups in total. The van der Waals surface area contributed by atoms with E-state index >= 15 is 0 Å². The van der Waals surface area contributed by atoms with Crippen LogP contribution in [0.5, 0.6) is 0 Å². The number of fused-ring (bicyclic) bond motifs is 3. The molecule has 0 atom stereocenters. The van der Waals surface area contributed by atoms with Crippen molar-refractivity contribution < 1.29 is 0 Å². The molecule has 2 bridgehead atoms. The van der Waals surface area contributed by atoms with Gasteiger partial charge >= 0.3 is 0 Å². The Labute approximate surface area is 170 Å². The van der Waals surface area contributed by atoms with Gasteiger partial charge in [-0.15, -0.1) is 0 Å². The number of hydrogen-bond donors (Lipinski definition) is 0. The van der Waals surface area contributed by atoms with Crippen LogP contribution in [0.15, 0.2) is 0 Å². The highest BCUT2D eigenvalue weighted by Crippen LogP contribution is 2.63. The maximum atomic E-state index is 2.38. The van der Waals surface area contributed by atoms with Crippen molar-refractivity contribution in [3.8, 4) is 0 Å². The van der Waals surface area contributed by atoms with Gasteiger partial charge in [-0.1, -0.05) is 52.4 Å². The molecule has 5 rings (SSSR count). The molecule has 0 nitrogen and oxygen atoms in total. The van der Waals surface area contributed by atoms with E-state index in [0.717, 1.165) is 34.5 Å². The Morgan fingerprint density at radius 1 is 0.630 bits per heavy atom. The van der Waals surface area contributed by atoms with E-state index in [1.807, 2.05) is 0 Å². The summed E-state index contributed by atoms with van der Waals surface area (Å²) in [6.07, 6.45) is 29.6. The third-order valence-corrected chi connectivity index (χ3v) is 10.4. The molecule has 0 aliphatic heterocycles. The summed E-state index contributed by atoms with van der Waals surface area (Å²) in [6.45, 7) is 4.75. The molecule has 5 aliphatic rings. The summed E-state index contributed by atoms with van der Waals surface area (Å²) in [7, 11) is 0. The molecular weight excluding hydrogens is 324 g/mol. The van der Waals surface area contributed by atoms with Crippen molar-refractivity contribution in [2.45, 2.75) is 136 Å². The van der Waals surface area contributed by atoms with Gasteiger partial charge in [0, 0.05) is 0 Å². The van der Waals surface area contributed by atoms with Crippen molar-refractivity contribution in [2.24, 2.45) is 34.5 Å². The van der Waals surface area contributed by atoms with E-state index < -0.39 is 0 Å². The van der Waals surface area contributed by atoms with Crippen molar-refractivity contribution in [1.29, 1.82) is 0 Å². The highest BCUT2D eigenvalue weighted by molar-refractivity contribution is 5.03. The zero-order valence-corrected chi connectivity index (χ0v) is 18.7. The van der Waals surface area contributed by atoms with E-state index in [0.29, 0.717) is 0 Å². The van der Waals surface area contributed by atoms with Gasteiger partial charge in [0.05, 0.1) is 0 Å². The van der Waals surface area contributed by atoms with E-state index in [2.05, 4.69) is 13.8 Å². The fourth-order valence-electron chi connectivity index (χ4n) is 8.39. The van der Waals surface area contributed by atoms with E-state index in [-0.39, 0.29) is 0 Å². The van der Waals surface area contributed by atoms with E-state index in [4.69, 9.17) is 0 Å². The predicted octanol–water partition coefficient (Wildman–Crippen LogP) is 8.93. The molecule has 0 heteroatoms. The third-order valence-electron chi connectivity index (χ3n) is 10.4. The second kappa shape index (κ2) is 8.79. The molecule has 0 saturated heterocycles. The largest absolute Gasteiger partial charge is 0.0654 e. The van der Waals surface area contributed by atoms with Gasteiger partial charge in [0.25, 0.3) is 0 Å². The van der Waals surface area contributed by atoms with Gasteiger partial charge in [-0.25, -0.2) is 0 Å². The van der Waals surface area contributed by atoms with Crippen LogP contribution in [0.4, 0.5) is 0 Å². The molecule has 5 fully saturated rings. The first kappa shape index (κ1) is 20.3. The maximum absolute atomic E-state index is 2.38. The summed E-state index contributed by atoms with van der Waals surface area (Å²) in [5.74, 6) is 4.40. The van der Waals surface area contributed by atoms with Crippen LogP contribution < -0.4 is 0 Å². The third kappa shape index (κ3) is 4.30. The van der Waals surface area contributed by atoms with Gasteiger partial charge in [0.15, 0.2) is 0 Å². The molecular formula is C27H48. The smallest absolute Gasteiger partial charge is 0.0269 e. The Hall–Kier alpha value is 0. The van der Waals surface area contributed by atoms with Gasteiger partial charge in [-0.05, 0) is 118 Å². The Balaban J connectivity index is 1.25. The van der Waals surface area contributed by atoms with Crippen LogP contribution in [-0.4, -0.2) is 0 Å². The number of unbranched alkanes of at least 4 members (excludes halogenated alkanes) is 1. The van der Waals surface area contributed by atoms with Crippen LogP contribution in [-0.2, 0) is 0 Å². The highest BCUT2D eigenvalue weighted by Gasteiger charge is 2.51. The van der Waals surface area contributed by atoms with Gasteiger partial charge in [0.1, 0.15) is 0 Å². The minimum Gasteiger partial charge on any atom is -0.0654 e. The molecule has 5 saturated carbocycles. The van der Waals surface area contributed by atoms with Crippen molar-refractivity contribution in [3.05, 3.63) is 0 Å². The monoisotopic (exact) mass is 372 g/mol. The first-order valence-corrected chi connectivity index (χ1v) is 13.2. The first-order valence-electron chi connectivity index (χ1n) is 13.2. The van der Waals surface area contributed by atoms with Gasteiger partial charge in [-0.3, -0.25) is 0 Å². The minimum atomic E-state index is 0.798. The highest BCUT2D eigenvalue weighted by atomic mass is 14.6. The normalized spacial score (nSPS) is 45.1. The maximum Gasteiger partial charge on any atom is -0.0269 e. The molecule has 0 spiro atoms. The standard InChI is InChI=1S/C27H48/c1-3-5-15-26-16-19-27(20-17-26,21-18-26)25-13-11-24(12-14-25)23-9-7-22(6-4-2)8-10-23/h22-25H,3-21H2,1-2H3/t22-,23-,24-,25-,26?,27?. The van der Waals surface area contributed by atoms with Crippen molar-refractivity contribution >= 4 is 0 Å². The Bertz CT molecular complexity index is 422. The molecule has 0 aromatic carbocycles. The van der Waals surface area contributed by atoms with Crippen LogP contribution in [0.3, 0.4) is 0 Å². The van der Waals surface area contributed by atoms with E-state index in [1.165, 1.54) is 25.7 Å². The lowest BCUT2D eigenvalue weighted by atomic mass is 9.47. The topological polar surface area (TPSA) is 0 Å². The first-order chi connectivity index (χ1) is 13.2. The lowest BCUT2D eigenvalue weighted by Gasteiger charge is -2.58. The Morgan fingerprint density at radius 3 is 1.70 bits per heavy atom. The van der Waals surface area contributed by atoms with Gasteiger partial charge in [-0.2, -0.15) is 0 Å². The van der Waals surface area contributed by atoms with Crippen molar-refractivity contribution in [3.63, 3.8) is 0 Å². The molecule has 27 heavy (non-hydrogen) atoms. The van der Waals surface area contributed by atoms with E-state index in [1.54, 1.807) is 96.3 Å². The van der Waals surface area contributed by atoms with E-state index in [9.17, 15) is 0 Å². The van der Waals surface area contributed by atoms with Crippen molar-refractivity contribution in [2.75, 3.05) is 0 Å². The van der Waals surface area contributed by atoms with Gasteiger partial charge < -0.3 is 0 Å². The van der Waals surface area contributed by atoms with Crippen LogP contribution >= 0.6 is 0 Å². The summed E-state index contributed by atoms with van der Waals surface area (Å²) >= 11 is 0. The molecule has 0 aromatic rings.